The zero-order valence-corrected chi connectivity index (χ0v) is 27.4. The van der Waals surface area contributed by atoms with Crippen molar-refractivity contribution in [1.82, 2.24) is 20.9 Å². The molecule has 262 valence electrons. The van der Waals surface area contributed by atoms with Crippen molar-refractivity contribution >= 4 is 58.1 Å². The summed E-state index contributed by atoms with van der Waals surface area (Å²) < 4.78 is 0. The topological polar surface area (TPSA) is 247 Å². The maximum atomic E-state index is 13.9. The van der Waals surface area contributed by atoms with Gasteiger partial charge in [0.05, 0.1) is 6.04 Å². The molecule has 0 aliphatic carbocycles. The molecule has 4 amide bonds. The standard InChI is InChI=1S/C35H37ClN6O8/c36-22-12-10-20(11-13-22)15-29(32(45)40-27(30(38)43)17-24(34(47)48)35(49)50)42-33(46)28(14-19-6-2-1-3-7-19)41-31(44)25(37)16-21-18-39-26-9-5-4-8-23(21)26/h1-13,18,24-25,27-29,39H,14-17,37H2,(H2,38,43)(H,40,45)(H,41,44)(H,42,46)(H,47,48)(H,49,50)/t25-,27+,28-,29+/m1/s1. The lowest BCUT2D eigenvalue weighted by atomic mass is 9.98. The number of aromatic nitrogens is 1. The molecule has 0 aliphatic rings. The highest BCUT2D eigenvalue weighted by Crippen LogP contribution is 2.19. The Morgan fingerprint density at radius 3 is 1.78 bits per heavy atom. The Morgan fingerprint density at radius 1 is 0.680 bits per heavy atom. The number of hydrogen-bond acceptors (Lipinski definition) is 7. The molecule has 4 atom stereocenters. The summed E-state index contributed by atoms with van der Waals surface area (Å²) in [4.78, 5) is 79.2. The number of aromatic amines is 1. The van der Waals surface area contributed by atoms with E-state index in [1.54, 1.807) is 60.8 Å². The summed E-state index contributed by atoms with van der Waals surface area (Å²) in [5.41, 5.74) is 14.6. The van der Waals surface area contributed by atoms with Crippen LogP contribution in [-0.2, 0) is 48.0 Å². The minimum Gasteiger partial charge on any atom is -0.481 e. The molecule has 1 heterocycles. The number of halogens is 1. The van der Waals surface area contributed by atoms with Crippen LogP contribution in [0.2, 0.25) is 5.02 Å². The lowest BCUT2D eigenvalue weighted by Crippen LogP contribution is -2.59. The average molecular weight is 705 g/mol. The summed E-state index contributed by atoms with van der Waals surface area (Å²) in [6.07, 6.45) is 0.984. The van der Waals surface area contributed by atoms with E-state index in [1.807, 2.05) is 24.3 Å². The van der Waals surface area contributed by atoms with Gasteiger partial charge in [-0.1, -0.05) is 72.3 Å². The second-order valence-electron chi connectivity index (χ2n) is 11.7. The zero-order valence-electron chi connectivity index (χ0n) is 26.7. The molecular formula is C35H37ClN6O8. The summed E-state index contributed by atoms with van der Waals surface area (Å²) in [5.74, 6) is -9.02. The second-order valence-corrected chi connectivity index (χ2v) is 12.2. The molecule has 14 nitrogen and oxygen atoms in total. The van der Waals surface area contributed by atoms with Crippen LogP contribution in [0, 0.1) is 5.92 Å². The van der Waals surface area contributed by atoms with Gasteiger partial charge in [0, 0.05) is 41.4 Å². The first-order valence-corrected chi connectivity index (χ1v) is 15.9. The number of carbonyl (C=O) groups is 6. The van der Waals surface area contributed by atoms with Crippen LogP contribution in [0.4, 0.5) is 0 Å². The van der Waals surface area contributed by atoms with Gasteiger partial charge in [-0.2, -0.15) is 0 Å². The third kappa shape index (κ3) is 10.1. The fourth-order valence-electron chi connectivity index (χ4n) is 5.37. The Morgan fingerprint density at radius 2 is 1.20 bits per heavy atom. The van der Waals surface area contributed by atoms with Crippen molar-refractivity contribution in [1.29, 1.82) is 0 Å². The number of carboxylic acid groups (broad SMARTS) is 2. The van der Waals surface area contributed by atoms with Gasteiger partial charge in [0.1, 0.15) is 18.1 Å². The summed E-state index contributed by atoms with van der Waals surface area (Å²) in [6, 6.07) is 17.4. The normalized spacial score (nSPS) is 13.5. The highest BCUT2D eigenvalue weighted by atomic mass is 35.5. The Kier molecular flexibility index (Phi) is 12.7. The van der Waals surface area contributed by atoms with E-state index >= 15 is 0 Å². The number of nitrogens with one attached hydrogen (secondary N) is 4. The molecule has 4 rings (SSSR count). The SMILES string of the molecule is NC(=O)[C@H](CC(C(=O)O)C(=O)O)NC(=O)[C@H](Cc1ccc(Cl)cc1)NC(=O)[C@@H](Cc1ccccc1)NC(=O)[C@H](N)Cc1c[nH]c2ccccc12. The van der Waals surface area contributed by atoms with Crippen LogP contribution in [-0.4, -0.2) is 74.9 Å². The number of fused-ring (bicyclic) bond motifs is 1. The smallest absolute Gasteiger partial charge is 0.317 e. The van der Waals surface area contributed by atoms with E-state index in [4.69, 9.17) is 23.1 Å². The molecule has 0 fully saturated rings. The fraction of sp³-hybridized carbons (Fsp3) is 0.257. The Balaban J connectivity index is 1.57. The number of carboxylic acids is 2. The van der Waals surface area contributed by atoms with Crippen LogP contribution in [0.1, 0.15) is 23.1 Å². The van der Waals surface area contributed by atoms with Crippen LogP contribution in [0.25, 0.3) is 10.9 Å². The van der Waals surface area contributed by atoms with Crippen molar-refractivity contribution in [3.8, 4) is 0 Å². The number of H-pyrrole nitrogens is 1. The lowest BCUT2D eigenvalue weighted by molar-refractivity contribution is -0.155. The molecule has 4 aromatic rings. The van der Waals surface area contributed by atoms with Crippen molar-refractivity contribution < 1.29 is 39.0 Å². The quantitative estimate of drug-likeness (QED) is 0.0737. The molecule has 0 saturated heterocycles. The predicted molar refractivity (Wildman–Crippen MR) is 184 cm³/mol. The van der Waals surface area contributed by atoms with Crippen LogP contribution in [0.3, 0.4) is 0 Å². The molecule has 0 aliphatic heterocycles. The summed E-state index contributed by atoms with van der Waals surface area (Å²) in [6.45, 7) is 0. The minimum absolute atomic E-state index is 0.0241. The van der Waals surface area contributed by atoms with E-state index in [-0.39, 0.29) is 19.3 Å². The van der Waals surface area contributed by atoms with Gasteiger partial charge in [-0.3, -0.25) is 28.8 Å². The molecule has 0 unspecified atom stereocenters. The first kappa shape index (κ1) is 37.1. The van der Waals surface area contributed by atoms with Crippen molar-refractivity contribution in [3.63, 3.8) is 0 Å². The average Bonchev–Trinajstić information content (AvgIpc) is 3.49. The van der Waals surface area contributed by atoms with Crippen LogP contribution in [0.5, 0.6) is 0 Å². The second kappa shape index (κ2) is 17.1. The molecule has 0 bridgehead atoms. The number of amides is 4. The summed E-state index contributed by atoms with van der Waals surface area (Å²) in [5, 5.41) is 27.6. The van der Waals surface area contributed by atoms with Crippen molar-refractivity contribution in [3.05, 3.63) is 107 Å². The van der Waals surface area contributed by atoms with Crippen molar-refractivity contribution in [2.24, 2.45) is 17.4 Å². The minimum atomic E-state index is -2.05. The monoisotopic (exact) mass is 704 g/mol. The Bertz CT molecular complexity index is 1830. The number of rotatable bonds is 17. The number of carbonyl (C=O) groups excluding carboxylic acids is 4. The number of benzene rings is 3. The first-order chi connectivity index (χ1) is 23.8. The highest BCUT2D eigenvalue weighted by Gasteiger charge is 2.35. The van der Waals surface area contributed by atoms with Gasteiger partial charge in [0.2, 0.25) is 23.6 Å². The van der Waals surface area contributed by atoms with Gasteiger partial charge >= 0.3 is 11.9 Å². The molecule has 50 heavy (non-hydrogen) atoms. The molecule has 0 radical (unpaired) electrons. The van der Waals surface area contributed by atoms with Crippen LogP contribution in [0.15, 0.2) is 85.1 Å². The van der Waals surface area contributed by atoms with E-state index in [1.165, 1.54) is 0 Å². The molecule has 1 aromatic heterocycles. The summed E-state index contributed by atoms with van der Waals surface area (Å²) >= 11 is 6.02. The molecule has 0 saturated carbocycles. The van der Waals surface area contributed by atoms with Gasteiger partial charge < -0.3 is 42.6 Å². The number of primary amides is 1. The van der Waals surface area contributed by atoms with Crippen molar-refractivity contribution in [2.45, 2.75) is 49.9 Å². The van der Waals surface area contributed by atoms with E-state index < -0.39 is 72.1 Å². The fourth-order valence-corrected chi connectivity index (χ4v) is 5.49. The molecule has 15 heteroatoms. The number of para-hydroxylation sites is 1. The third-order valence-corrected chi connectivity index (χ3v) is 8.33. The van der Waals surface area contributed by atoms with Crippen molar-refractivity contribution in [2.75, 3.05) is 0 Å². The van der Waals surface area contributed by atoms with Crippen LogP contribution >= 0.6 is 11.6 Å². The molecule has 3 aromatic carbocycles. The molecular weight excluding hydrogens is 668 g/mol. The van der Waals surface area contributed by atoms with Gasteiger partial charge in [-0.05, 0) is 41.3 Å². The van der Waals surface area contributed by atoms with E-state index in [2.05, 4.69) is 20.9 Å². The Hall–Kier alpha value is -5.73. The zero-order chi connectivity index (χ0) is 36.4. The maximum absolute atomic E-state index is 13.9. The Labute approximate surface area is 291 Å². The molecule has 10 N–H and O–H groups in total. The van der Waals surface area contributed by atoms with Gasteiger partial charge in [-0.15, -0.1) is 0 Å². The van der Waals surface area contributed by atoms with Gasteiger partial charge in [0.15, 0.2) is 5.92 Å². The first-order valence-electron chi connectivity index (χ1n) is 15.6. The van der Waals surface area contributed by atoms with E-state index in [0.29, 0.717) is 16.1 Å². The highest BCUT2D eigenvalue weighted by molar-refractivity contribution is 6.30. The summed E-state index contributed by atoms with van der Waals surface area (Å²) in [7, 11) is 0. The lowest BCUT2D eigenvalue weighted by Gasteiger charge is -2.26. The van der Waals surface area contributed by atoms with Gasteiger partial charge in [0.25, 0.3) is 0 Å². The third-order valence-electron chi connectivity index (χ3n) is 8.08. The van der Waals surface area contributed by atoms with E-state index in [9.17, 15) is 39.0 Å². The predicted octanol–water partition coefficient (Wildman–Crippen LogP) is 1.29. The number of nitrogens with two attached hydrogens (primary N) is 2. The van der Waals surface area contributed by atoms with Gasteiger partial charge in [-0.25, -0.2) is 0 Å². The number of hydrogen-bond donors (Lipinski definition) is 8. The maximum Gasteiger partial charge on any atom is 0.317 e. The largest absolute Gasteiger partial charge is 0.481 e. The molecule has 0 spiro atoms. The van der Waals surface area contributed by atoms with Crippen LogP contribution < -0.4 is 27.4 Å². The number of aliphatic carboxylic acids is 2. The van der Waals surface area contributed by atoms with E-state index in [0.717, 1.165) is 16.5 Å².